The first-order valence-electron chi connectivity index (χ1n) is 5.68. The molecule has 0 saturated heterocycles. The van der Waals surface area contributed by atoms with Crippen LogP contribution in [0.1, 0.15) is 23.3 Å². The first-order chi connectivity index (χ1) is 7.65. The maximum Gasteiger partial charge on any atom is 0.192 e. The van der Waals surface area contributed by atoms with Crippen LogP contribution in [0.5, 0.6) is 0 Å². The largest absolute Gasteiger partial charge is 0.393 e. The van der Waals surface area contributed by atoms with Gasteiger partial charge in [0.2, 0.25) is 0 Å². The number of likely N-dealkylation sites (N-methyl/N-ethyl adjacent to an activating group) is 1. The van der Waals surface area contributed by atoms with Crippen molar-refractivity contribution in [1.29, 1.82) is 0 Å². The number of hydrogen-bond acceptors (Lipinski definition) is 3. The van der Waals surface area contributed by atoms with Crippen molar-refractivity contribution < 1.29 is 9.90 Å². The fourth-order valence-electron chi connectivity index (χ4n) is 2.19. The van der Waals surface area contributed by atoms with Gasteiger partial charge in [-0.3, -0.25) is 9.69 Å². The van der Waals surface area contributed by atoms with E-state index in [0.29, 0.717) is 18.2 Å². The van der Waals surface area contributed by atoms with Crippen molar-refractivity contribution >= 4 is 5.78 Å². The average Bonchev–Trinajstić information content (AvgIpc) is 2.67. The molecule has 1 aliphatic carbocycles. The van der Waals surface area contributed by atoms with Gasteiger partial charge in [-0.05, 0) is 37.9 Å². The van der Waals surface area contributed by atoms with Crippen LogP contribution in [0.3, 0.4) is 0 Å². The van der Waals surface area contributed by atoms with E-state index in [1.807, 2.05) is 18.0 Å². The summed E-state index contributed by atoms with van der Waals surface area (Å²) >= 11 is 0. The minimum absolute atomic E-state index is 0.113. The Hall–Kier alpha value is -1.13. The molecule has 1 fully saturated rings. The SMILES string of the molecule is CN(CC(=O)c1ccc[nH]1)CC1CC(O)C1. The molecule has 2 rings (SSSR count). The summed E-state index contributed by atoms with van der Waals surface area (Å²) in [5.74, 6) is 0.670. The third kappa shape index (κ3) is 2.71. The van der Waals surface area contributed by atoms with E-state index in [9.17, 15) is 9.90 Å². The molecule has 1 heterocycles. The van der Waals surface area contributed by atoms with E-state index < -0.39 is 0 Å². The van der Waals surface area contributed by atoms with Gasteiger partial charge in [0, 0.05) is 12.7 Å². The second-order valence-electron chi connectivity index (χ2n) is 4.69. The first kappa shape index (κ1) is 11.4. The summed E-state index contributed by atoms with van der Waals surface area (Å²) in [5, 5.41) is 9.17. The summed E-state index contributed by atoms with van der Waals surface area (Å²) in [6.45, 7) is 1.33. The summed E-state index contributed by atoms with van der Waals surface area (Å²) in [6, 6.07) is 3.62. The van der Waals surface area contributed by atoms with Gasteiger partial charge in [-0.15, -0.1) is 0 Å². The zero-order valence-electron chi connectivity index (χ0n) is 9.52. The first-order valence-corrected chi connectivity index (χ1v) is 5.68. The summed E-state index contributed by atoms with van der Waals surface area (Å²) in [7, 11) is 1.95. The minimum Gasteiger partial charge on any atom is -0.393 e. The number of nitrogens with one attached hydrogen (secondary N) is 1. The molecule has 4 nitrogen and oxygen atoms in total. The Labute approximate surface area is 95.3 Å². The fourth-order valence-corrected chi connectivity index (χ4v) is 2.19. The number of nitrogens with zero attached hydrogens (tertiary/aromatic N) is 1. The average molecular weight is 222 g/mol. The molecule has 0 atom stereocenters. The van der Waals surface area contributed by atoms with Crippen molar-refractivity contribution in [2.75, 3.05) is 20.1 Å². The molecule has 88 valence electrons. The van der Waals surface area contributed by atoms with Gasteiger partial charge in [0.15, 0.2) is 5.78 Å². The van der Waals surface area contributed by atoms with Crippen molar-refractivity contribution in [3.05, 3.63) is 24.0 Å². The number of aliphatic hydroxyl groups is 1. The maximum atomic E-state index is 11.7. The van der Waals surface area contributed by atoms with Gasteiger partial charge in [-0.1, -0.05) is 0 Å². The van der Waals surface area contributed by atoms with E-state index >= 15 is 0 Å². The number of aromatic nitrogens is 1. The lowest BCUT2D eigenvalue weighted by atomic mass is 9.82. The third-order valence-corrected chi connectivity index (χ3v) is 3.09. The molecule has 2 N–H and O–H groups in total. The van der Waals surface area contributed by atoms with Crippen LogP contribution in [0.15, 0.2) is 18.3 Å². The lowest BCUT2D eigenvalue weighted by molar-refractivity contribution is 0.0285. The summed E-state index contributed by atoms with van der Waals surface area (Å²) < 4.78 is 0. The van der Waals surface area contributed by atoms with Crippen molar-refractivity contribution in [2.45, 2.75) is 18.9 Å². The van der Waals surface area contributed by atoms with E-state index in [-0.39, 0.29) is 11.9 Å². The Morgan fingerprint density at radius 1 is 1.62 bits per heavy atom. The third-order valence-electron chi connectivity index (χ3n) is 3.09. The van der Waals surface area contributed by atoms with Crippen molar-refractivity contribution in [2.24, 2.45) is 5.92 Å². The minimum atomic E-state index is -0.113. The second-order valence-corrected chi connectivity index (χ2v) is 4.69. The molecule has 0 aromatic carbocycles. The van der Waals surface area contributed by atoms with Crippen LogP contribution in [-0.4, -0.2) is 47.0 Å². The molecular formula is C12H18N2O2. The van der Waals surface area contributed by atoms with Gasteiger partial charge in [-0.25, -0.2) is 0 Å². The Morgan fingerprint density at radius 3 is 2.94 bits per heavy atom. The molecule has 0 amide bonds. The highest BCUT2D eigenvalue weighted by Gasteiger charge is 2.28. The number of ketones is 1. The van der Waals surface area contributed by atoms with Crippen LogP contribution in [0.4, 0.5) is 0 Å². The number of H-pyrrole nitrogens is 1. The van der Waals surface area contributed by atoms with E-state index in [1.165, 1.54) is 0 Å². The Morgan fingerprint density at radius 2 is 2.38 bits per heavy atom. The van der Waals surface area contributed by atoms with Crippen LogP contribution in [0.2, 0.25) is 0 Å². The number of Topliss-reactive ketones (excluding diaryl/α,β-unsaturated/α-hetero) is 1. The molecule has 16 heavy (non-hydrogen) atoms. The predicted octanol–water partition coefficient (Wildman–Crippen LogP) is 0.900. The highest BCUT2D eigenvalue weighted by atomic mass is 16.3. The molecule has 4 heteroatoms. The molecule has 0 spiro atoms. The van der Waals surface area contributed by atoms with Crippen LogP contribution in [0, 0.1) is 5.92 Å². The number of aliphatic hydroxyl groups excluding tert-OH is 1. The summed E-state index contributed by atoms with van der Waals surface area (Å²) in [4.78, 5) is 16.7. The molecule has 1 aromatic rings. The standard InChI is InChI=1S/C12H18N2O2/c1-14(7-9-5-10(15)6-9)8-12(16)11-3-2-4-13-11/h2-4,9-10,13,15H,5-8H2,1H3. The number of carbonyl (C=O) groups is 1. The van der Waals surface area contributed by atoms with Crippen LogP contribution in [-0.2, 0) is 0 Å². The van der Waals surface area contributed by atoms with Gasteiger partial charge >= 0.3 is 0 Å². The van der Waals surface area contributed by atoms with Crippen LogP contribution < -0.4 is 0 Å². The zero-order valence-corrected chi connectivity index (χ0v) is 9.52. The highest BCUT2D eigenvalue weighted by molar-refractivity contribution is 5.95. The van der Waals surface area contributed by atoms with Crippen LogP contribution >= 0.6 is 0 Å². The Kier molecular flexibility index (Phi) is 3.41. The predicted molar refractivity (Wildman–Crippen MR) is 61.4 cm³/mol. The van der Waals surface area contributed by atoms with E-state index in [2.05, 4.69) is 4.98 Å². The summed E-state index contributed by atoms with van der Waals surface area (Å²) in [6.07, 6.45) is 3.40. The van der Waals surface area contributed by atoms with Gasteiger partial charge in [0.05, 0.1) is 18.3 Å². The van der Waals surface area contributed by atoms with E-state index in [4.69, 9.17) is 0 Å². The van der Waals surface area contributed by atoms with E-state index in [1.54, 1.807) is 12.3 Å². The van der Waals surface area contributed by atoms with Gasteiger partial charge in [0.25, 0.3) is 0 Å². The molecule has 1 saturated carbocycles. The molecule has 0 radical (unpaired) electrons. The van der Waals surface area contributed by atoms with Crippen molar-refractivity contribution in [3.63, 3.8) is 0 Å². The van der Waals surface area contributed by atoms with Crippen molar-refractivity contribution in [3.8, 4) is 0 Å². The normalized spacial score (nSPS) is 24.4. The Bertz CT molecular complexity index is 342. The number of carbonyl (C=O) groups excluding carboxylic acids is 1. The molecular weight excluding hydrogens is 204 g/mol. The lowest BCUT2D eigenvalue weighted by Gasteiger charge is -2.34. The monoisotopic (exact) mass is 222 g/mol. The Balaban J connectivity index is 1.75. The van der Waals surface area contributed by atoms with Gasteiger partial charge in [0.1, 0.15) is 0 Å². The number of aromatic amines is 1. The topological polar surface area (TPSA) is 56.3 Å². The molecule has 0 aliphatic heterocycles. The zero-order chi connectivity index (χ0) is 11.5. The second kappa shape index (κ2) is 4.80. The number of rotatable bonds is 5. The molecule has 0 bridgehead atoms. The molecule has 1 aromatic heterocycles. The quantitative estimate of drug-likeness (QED) is 0.728. The highest BCUT2D eigenvalue weighted by Crippen LogP contribution is 2.27. The number of hydrogen-bond donors (Lipinski definition) is 2. The van der Waals surface area contributed by atoms with Gasteiger partial charge < -0.3 is 10.1 Å². The summed E-state index contributed by atoms with van der Waals surface area (Å²) in [5.41, 5.74) is 0.667. The fraction of sp³-hybridized carbons (Fsp3) is 0.583. The van der Waals surface area contributed by atoms with Gasteiger partial charge in [-0.2, -0.15) is 0 Å². The maximum absolute atomic E-state index is 11.7. The van der Waals surface area contributed by atoms with E-state index in [0.717, 1.165) is 19.4 Å². The smallest absolute Gasteiger partial charge is 0.192 e. The van der Waals surface area contributed by atoms with Crippen molar-refractivity contribution in [1.82, 2.24) is 9.88 Å². The molecule has 1 aliphatic rings. The van der Waals surface area contributed by atoms with Crippen LogP contribution in [0.25, 0.3) is 0 Å². The molecule has 0 unspecified atom stereocenters. The lowest BCUT2D eigenvalue weighted by Crippen LogP contribution is -2.38.